The average Bonchev–Trinajstić information content (AvgIpc) is 2.43. The summed E-state index contributed by atoms with van der Waals surface area (Å²) in [4.78, 5) is 4.20. The van der Waals surface area contributed by atoms with E-state index in [9.17, 15) is 0 Å². The van der Waals surface area contributed by atoms with Gasteiger partial charge in [0.1, 0.15) is 5.75 Å². The van der Waals surface area contributed by atoms with Gasteiger partial charge in [-0.1, -0.05) is 37.0 Å². The van der Waals surface area contributed by atoms with E-state index in [4.69, 9.17) is 27.9 Å². The van der Waals surface area contributed by atoms with E-state index in [0.717, 1.165) is 18.7 Å². The highest BCUT2D eigenvalue weighted by atomic mass is 35.5. The molecule has 0 aliphatic heterocycles. The highest BCUT2D eigenvalue weighted by molar-refractivity contribution is 6.34. The number of rotatable bonds is 6. The molecule has 5 heteroatoms. The number of nitrogens with one attached hydrogen (secondary N) is 1. The maximum atomic E-state index is 6.08. The molecule has 0 saturated carbocycles. The number of pyridine rings is 1. The molecular formula is C16H18Cl2N2O. The molecule has 0 spiro atoms. The molecule has 0 radical (unpaired) electrons. The van der Waals surface area contributed by atoms with E-state index >= 15 is 0 Å². The summed E-state index contributed by atoms with van der Waals surface area (Å²) in [5, 5.41) is 4.46. The van der Waals surface area contributed by atoms with Crippen molar-refractivity contribution in [2.75, 3.05) is 6.54 Å². The molecule has 1 N–H and O–H groups in total. The van der Waals surface area contributed by atoms with Gasteiger partial charge in [-0.2, -0.15) is 0 Å². The molecular weight excluding hydrogens is 307 g/mol. The Balaban J connectivity index is 2.05. The second-order valence-electron chi connectivity index (χ2n) is 5.20. The molecule has 0 aliphatic carbocycles. The summed E-state index contributed by atoms with van der Waals surface area (Å²) in [6, 6.07) is 8.95. The second kappa shape index (κ2) is 7.64. The second-order valence-corrected chi connectivity index (χ2v) is 6.05. The van der Waals surface area contributed by atoms with Crippen LogP contribution in [0.15, 0.2) is 36.5 Å². The highest BCUT2D eigenvalue weighted by Crippen LogP contribution is 2.31. The molecule has 2 rings (SSSR count). The Labute approximate surface area is 135 Å². The van der Waals surface area contributed by atoms with Gasteiger partial charge in [-0.15, -0.1) is 0 Å². The molecule has 1 aromatic carbocycles. The van der Waals surface area contributed by atoms with Gasteiger partial charge < -0.3 is 10.1 Å². The Morgan fingerprint density at radius 2 is 2.00 bits per heavy atom. The molecule has 0 amide bonds. The molecule has 112 valence electrons. The Hall–Kier alpha value is -1.29. The van der Waals surface area contributed by atoms with Gasteiger partial charge >= 0.3 is 0 Å². The first-order chi connectivity index (χ1) is 10.0. The first kappa shape index (κ1) is 16.1. The summed E-state index contributed by atoms with van der Waals surface area (Å²) < 4.78 is 5.70. The van der Waals surface area contributed by atoms with Crippen molar-refractivity contribution in [3.63, 3.8) is 0 Å². The summed E-state index contributed by atoms with van der Waals surface area (Å²) in [6.45, 7) is 6.10. The van der Waals surface area contributed by atoms with Crippen LogP contribution in [0.3, 0.4) is 0 Å². The maximum absolute atomic E-state index is 6.08. The van der Waals surface area contributed by atoms with E-state index in [0.29, 0.717) is 27.6 Å². The molecule has 3 nitrogen and oxygen atoms in total. The van der Waals surface area contributed by atoms with Crippen LogP contribution in [0.4, 0.5) is 0 Å². The van der Waals surface area contributed by atoms with Crippen molar-refractivity contribution in [2.24, 2.45) is 5.92 Å². The normalized spacial score (nSPS) is 10.9. The number of halogens is 2. The Morgan fingerprint density at radius 1 is 1.19 bits per heavy atom. The summed E-state index contributed by atoms with van der Waals surface area (Å²) in [5.74, 6) is 1.62. The molecule has 0 aliphatic rings. The van der Waals surface area contributed by atoms with Crippen molar-refractivity contribution in [3.05, 3.63) is 52.1 Å². The zero-order valence-electron chi connectivity index (χ0n) is 12.1. The van der Waals surface area contributed by atoms with Crippen LogP contribution in [0, 0.1) is 5.92 Å². The smallest absolute Gasteiger partial charge is 0.219 e. The van der Waals surface area contributed by atoms with Crippen molar-refractivity contribution in [1.82, 2.24) is 10.3 Å². The minimum Gasteiger partial charge on any atom is -0.437 e. The zero-order valence-corrected chi connectivity index (χ0v) is 13.6. The molecule has 0 saturated heterocycles. The molecule has 0 bridgehead atoms. The molecule has 0 atom stereocenters. The zero-order chi connectivity index (χ0) is 15.2. The topological polar surface area (TPSA) is 34.2 Å². The first-order valence-corrected chi connectivity index (χ1v) is 7.58. The Morgan fingerprint density at radius 3 is 2.76 bits per heavy atom. The molecule has 1 aromatic heterocycles. The van der Waals surface area contributed by atoms with Gasteiger partial charge in [0.25, 0.3) is 0 Å². The van der Waals surface area contributed by atoms with Crippen molar-refractivity contribution in [2.45, 2.75) is 20.4 Å². The van der Waals surface area contributed by atoms with Crippen LogP contribution >= 0.6 is 23.2 Å². The van der Waals surface area contributed by atoms with Gasteiger partial charge in [0.15, 0.2) is 0 Å². The quantitative estimate of drug-likeness (QED) is 0.818. The summed E-state index contributed by atoms with van der Waals surface area (Å²) >= 11 is 12.0. The fraction of sp³-hybridized carbons (Fsp3) is 0.312. The van der Waals surface area contributed by atoms with Gasteiger partial charge in [0, 0.05) is 29.9 Å². The van der Waals surface area contributed by atoms with Crippen molar-refractivity contribution in [3.8, 4) is 11.6 Å². The lowest BCUT2D eigenvalue weighted by Crippen LogP contribution is -2.18. The Bertz CT molecular complexity index is 603. The standard InChI is InChI=1S/C16H18Cl2N2O/c1-11(2)9-19-10-12-5-6-20-16(7-12)21-15-8-13(17)3-4-14(15)18/h3-8,11,19H,9-10H2,1-2H3. The predicted molar refractivity (Wildman–Crippen MR) is 87.3 cm³/mol. The summed E-state index contributed by atoms with van der Waals surface area (Å²) in [5.41, 5.74) is 1.11. The van der Waals surface area contributed by atoms with E-state index in [-0.39, 0.29) is 0 Å². The average molecular weight is 325 g/mol. The third-order valence-electron chi connectivity index (χ3n) is 2.79. The third kappa shape index (κ3) is 5.20. The number of hydrogen-bond acceptors (Lipinski definition) is 3. The number of ether oxygens (including phenoxy) is 1. The summed E-state index contributed by atoms with van der Waals surface area (Å²) in [6.07, 6.45) is 1.72. The van der Waals surface area contributed by atoms with Gasteiger partial charge in [0.05, 0.1) is 5.02 Å². The van der Waals surface area contributed by atoms with Crippen LogP contribution in [-0.4, -0.2) is 11.5 Å². The molecule has 0 unspecified atom stereocenters. The molecule has 2 aromatic rings. The fourth-order valence-electron chi connectivity index (χ4n) is 1.79. The number of aromatic nitrogens is 1. The SMILES string of the molecule is CC(C)CNCc1ccnc(Oc2cc(Cl)ccc2Cl)c1. The van der Waals surface area contributed by atoms with Crippen LogP contribution in [0.25, 0.3) is 0 Å². The van der Waals surface area contributed by atoms with Gasteiger partial charge in [-0.05, 0) is 36.2 Å². The van der Waals surface area contributed by atoms with E-state index < -0.39 is 0 Å². The van der Waals surface area contributed by atoms with Crippen LogP contribution in [0.5, 0.6) is 11.6 Å². The van der Waals surface area contributed by atoms with Crippen molar-refractivity contribution < 1.29 is 4.74 Å². The third-order valence-corrected chi connectivity index (χ3v) is 3.34. The predicted octanol–water partition coefficient (Wildman–Crippen LogP) is 4.93. The number of hydrogen-bond donors (Lipinski definition) is 1. The van der Waals surface area contributed by atoms with Gasteiger partial charge in [0.2, 0.25) is 5.88 Å². The number of nitrogens with zero attached hydrogens (tertiary/aromatic N) is 1. The summed E-state index contributed by atoms with van der Waals surface area (Å²) in [7, 11) is 0. The van der Waals surface area contributed by atoms with Crippen LogP contribution in [-0.2, 0) is 6.54 Å². The molecule has 21 heavy (non-hydrogen) atoms. The largest absolute Gasteiger partial charge is 0.437 e. The van der Waals surface area contributed by atoms with Crippen LogP contribution in [0.2, 0.25) is 10.0 Å². The Kier molecular flexibility index (Phi) is 5.85. The van der Waals surface area contributed by atoms with Gasteiger partial charge in [-0.25, -0.2) is 4.98 Å². The monoisotopic (exact) mass is 324 g/mol. The first-order valence-electron chi connectivity index (χ1n) is 6.83. The van der Waals surface area contributed by atoms with E-state index in [2.05, 4.69) is 24.1 Å². The van der Waals surface area contributed by atoms with Crippen molar-refractivity contribution in [1.29, 1.82) is 0 Å². The van der Waals surface area contributed by atoms with Gasteiger partial charge in [-0.3, -0.25) is 0 Å². The van der Waals surface area contributed by atoms with Crippen LogP contribution < -0.4 is 10.1 Å². The van der Waals surface area contributed by atoms with E-state index in [1.165, 1.54) is 0 Å². The van der Waals surface area contributed by atoms with E-state index in [1.807, 2.05) is 12.1 Å². The lowest BCUT2D eigenvalue weighted by molar-refractivity contribution is 0.461. The lowest BCUT2D eigenvalue weighted by atomic mass is 10.2. The minimum absolute atomic E-state index is 0.503. The minimum atomic E-state index is 0.503. The molecule has 0 fully saturated rings. The number of benzene rings is 1. The fourth-order valence-corrected chi connectivity index (χ4v) is 2.11. The molecule has 1 heterocycles. The van der Waals surface area contributed by atoms with Crippen molar-refractivity contribution >= 4 is 23.2 Å². The van der Waals surface area contributed by atoms with Crippen LogP contribution in [0.1, 0.15) is 19.4 Å². The lowest BCUT2D eigenvalue weighted by Gasteiger charge is -2.10. The maximum Gasteiger partial charge on any atom is 0.219 e. The van der Waals surface area contributed by atoms with E-state index in [1.54, 1.807) is 24.4 Å². The highest BCUT2D eigenvalue weighted by Gasteiger charge is 2.06.